The third-order valence-corrected chi connectivity index (χ3v) is 2.26. The molecule has 1 heterocycles. The molecule has 106 valence electrons. The normalized spacial score (nSPS) is 11.4. The molecule has 0 saturated carbocycles. The fraction of sp³-hybridized carbons (Fsp3) is 0.545. The molecule has 1 rings (SSSR count). The van der Waals surface area contributed by atoms with E-state index in [1.165, 1.54) is 6.07 Å². The van der Waals surface area contributed by atoms with E-state index in [2.05, 4.69) is 9.97 Å². The minimum absolute atomic E-state index is 0.0240. The van der Waals surface area contributed by atoms with Crippen molar-refractivity contribution in [2.75, 3.05) is 18.0 Å². The van der Waals surface area contributed by atoms with Gasteiger partial charge in [-0.15, -0.1) is 0 Å². The third kappa shape index (κ3) is 5.11. The molecule has 5 nitrogen and oxygen atoms in total. The number of carbonyl (C=O) groups is 1. The molecule has 0 radical (unpaired) electrons. The number of halogens is 3. The number of hydrogen-bond donors (Lipinski definition) is 1. The summed E-state index contributed by atoms with van der Waals surface area (Å²) in [5.74, 6) is -1.06. The predicted molar refractivity (Wildman–Crippen MR) is 62.1 cm³/mol. The molecule has 0 spiro atoms. The second-order valence-corrected chi connectivity index (χ2v) is 3.98. The first-order valence-electron chi connectivity index (χ1n) is 5.59. The molecule has 0 fully saturated rings. The van der Waals surface area contributed by atoms with Crippen molar-refractivity contribution in [2.45, 2.75) is 26.4 Å². The van der Waals surface area contributed by atoms with Crippen LogP contribution < -0.4 is 4.90 Å². The van der Waals surface area contributed by atoms with Gasteiger partial charge in [-0.05, 0) is 13.3 Å². The van der Waals surface area contributed by atoms with Gasteiger partial charge >= 0.3 is 12.1 Å². The molecule has 0 amide bonds. The number of carboxylic acid groups (broad SMARTS) is 1. The van der Waals surface area contributed by atoms with Gasteiger partial charge in [0.25, 0.3) is 0 Å². The highest BCUT2D eigenvalue weighted by Crippen LogP contribution is 2.21. The highest BCUT2D eigenvalue weighted by atomic mass is 19.4. The first-order valence-corrected chi connectivity index (χ1v) is 5.59. The third-order valence-electron chi connectivity index (χ3n) is 2.26. The van der Waals surface area contributed by atoms with E-state index in [1.807, 2.05) is 0 Å². The van der Waals surface area contributed by atoms with Crippen molar-refractivity contribution in [1.82, 2.24) is 9.97 Å². The summed E-state index contributed by atoms with van der Waals surface area (Å²) in [6.45, 7) is 1.23. The lowest BCUT2D eigenvalue weighted by molar-refractivity contribution is -0.136. The summed E-state index contributed by atoms with van der Waals surface area (Å²) in [4.78, 5) is 19.2. The van der Waals surface area contributed by atoms with Gasteiger partial charge in [-0.1, -0.05) is 6.92 Å². The highest BCUT2D eigenvalue weighted by Gasteiger charge is 2.32. The summed E-state index contributed by atoms with van der Waals surface area (Å²) < 4.78 is 37.3. The van der Waals surface area contributed by atoms with Gasteiger partial charge < -0.3 is 10.0 Å². The molecule has 0 aliphatic carbocycles. The van der Waals surface area contributed by atoms with Gasteiger partial charge in [-0.2, -0.15) is 13.2 Å². The van der Waals surface area contributed by atoms with Gasteiger partial charge in [-0.3, -0.25) is 4.79 Å². The van der Waals surface area contributed by atoms with E-state index in [4.69, 9.17) is 5.11 Å². The smallest absolute Gasteiger partial charge is 0.405 e. The van der Waals surface area contributed by atoms with Crippen LogP contribution in [0.5, 0.6) is 0 Å². The fourth-order valence-electron chi connectivity index (χ4n) is 1.55. The van der Waals surface area contributed by atoms with Crippen molar-refractivity contribution in [2.24, 2.45) is 0 Å². The highest BCUT2D eigenvalue weighted by molar-refractivity contribution is 5.73. The van der Waals surface area contributed by atoms with Crippen LogP contribution in [0.4, 0.5) is 19.0 Å². The van der Waals surface area contributed by atoms with E-state index in [1.54, 1.807) is 13.8 Å². The van der Waals surface area contributed by atoms with Crippen LogP contribution in [0.2, 0.25) is 0 Å². The predicted octanol–water partition coefficient (Wildman–Crippen LogP) is 1.80. The Morgan fingerprint density at radius 3 is 2.53 bits per heavy atom. The number of anilines is 1. The molecular formula is C11H14F3N3O2. The van der Waals surface area contributed by atoms with Crippen LogP contribution in [0, 0.1) is 6.92 Å². The van der Waals surface area contributed by atoms with Crippen LogP contribution in [0.25, 0.3) is 0 Å². The number of carboxylic acids is 1. The van der Waals surface area contributed by atoms with Crippen LogP contribution in [-0.4, -0.2) is 40.3 Å². The van der Waals surface area contributed by atoms with Crippen molar-refractivity contribution in [3.05, 3.63) is 17.6 Å². The number of hydrogen-bond acceptors (Lipinski definition) is 4. The molecule has 19 heavy (non-hydrogen) atoms. The van der Waals surface area contributed by atoms with Crippen LogP contribution in [0.15, 0.2) is 6.07 Å². The first-order chi connectivity index (χ1) is 8.71. The summed E-state index contributed by atoms with van der Waals surface area (Å²) in [6, 6.07) is 1.38. The second kappa shape index (κ2) is 5.85. The number of aryl methyl sites for hydroxylation is 2. The molecule has 8 heteroatoms. The molecule has 0 aliphatic rings. The van der Waals surface area contributed by atoms with Crippen molar-refractivity contribution >= 4 is 11.8 Å². The van der Waals surface area contributed by atoms with Gasteiger partial charge in [-0.25, -0.2) is 9.97 Å². The van der Waals surface area contributed by atoms with E-state index >= 15 is 0 Å². The minimum Gasteiger partial charge on any atom is -0.480 e. The average Bonchev–Trinajstić information content (AvgIpc) is 2.24. The van der Waals surface area contributed by atoms with Crippen molar-refractivity contribution in [3.63, 3.8) is 0 Å². The fourth-order valence-corrected chi connectivity index (χ4v) is 1.55. The maximum atomic E-state index is 12.4. The molecule has 0 atom stereocenters. The Hall–Kier alpha value is -1.86. The van der Waals surface area contributed by atoms with E-state index in [0.29, 0.717) is 22.8 Å². The van der Waals surface area contributed by atoms with Gasteiger partial charge in [0, 0.05) is 11.8 Å². The summed E-state index contributed by atoms with van der Waals surface area (Å²) in [6.07, 6.45) is -3.97. The summed E-state index contributed by atoms with van der Waals surface area (Å²) >= 11 is 0. The zero-order valence-corrected chi connectivity index (χ0v) is 10.5. The number of nitrogens with zero attached hydrogens (tertiary/aromatic N) is 3. The standard InChI is InChI=1S/C11H14F3N3O2/c1-3-8-4-9(16-7(2)15-8)17(5-10(18)19)6-11(12,13)14/h4H,3,5-6H2,1-2H3,(H,18,19). The summed E-state index contributed by atoms with van der Waals surface area (Å²) in [5, 5.41) is 8.69. The lowest BCUT2D eigenvalue weighted by Crippen LogP contribution is -2.38. The van der Waals surface area contributed by atoms with E-state index in [9.17, 15) is 18.0 Å². The largest absolute Gasteiger partial charge is 0.480 e. The zero-order chi connectivity index (χ0) is 14.6. The molecule has 1 aromatic rings. The van der Waals surface area contributed by atoms with E-state index < -0.39 is 25.2 Å². The lowest BCUT2D eigenvalue weighted by Gasteiger charge is -2.23. The van der Waals surface area contributed by atoms with Gasteiger partial charge in [0.15, 0.2) is 0 Å². The van der Waals surface area contributed by atoms with Crippen LogP contribution >= 0.6 is 0 Å². The molecule has 0 saturated heterocycles. The van der Waals surface area contributed by atoms with Gasteiger partial charge in [0.1, 0.15) is 24.7 Å². The molecule has 0 aromatic carbocycles. The van der Waals surface area contributed by atoms with E-state index in [-0.39, 0.29) is 5.82 Å². The number of aromatic nitrogens is 2. The number of aliphatic carboxylic acids is 1. The molecular weight excluding hydrogens is 263 g/mol. The quantitative estimate of drug-likeness (QED) is 0.889. The molecule has 0 bridgehead atoms. The minimum atomic E-state index is -4.50. The van der Waals surface area contributed by atoms with Crippen LogP contribution in [0.3, 0.4) is 0 Å². The Kier molecular flexibility index (Phi) is 4.68. The SMILES string of the molecule is CCc1cc(N(CC(=O)O)CC(F)(F)F)nc(C)n1. The van der Waals surface area contributed by atoms with Gasteiger partial charge in [0.2, 0.25) is 0 Å². The average molecular weight is 277 g/mol. The molecule has 0 aliphatic heterocycles. The van der Waals surface area contributed by atoms with Gasteiger partial charge in [0.05, 0.1) is 0 Å². The van der Waals surface area contributed by atoms with Crippen LogP contribution in [-0.2, 0) is 11.2 Å². The Labute approximate surface area is 108 Å². The Morgan fingerprint density at radius 1 is 1.42 bits per heavy atom. The Balaban J connectivity index is 3.09. The maximum absolute atomic E-state index is 12.4. The first kappa shape index (κ1) is 15.2. The lowest BCUT2D eigenvalue weighted by atomic mass is 10.3. The van der Waals surface area contributed by atoms with Crippen LogP contribution in [0.1, 0.15) is 18.4 Å². The molecule has 1 aromatic heterocycles. The molecule has 1 N–H and O–H groups in total. The topological polar surface area (TPSA) is 66.3 Å². The number of alkyl halides is 3. The summed E-state index contributed by atoms with van der Waals surface area (Å²) in [7, 11) is 0. The van der Waals surface area contributed by atoms with Crippen molar-refractivity contribution < 1.29 is 23.1 Å². The maximum Gasteiger partial charge on any atom is 0.405 e. The number of rotatable bonds is 5. The molecule has 0 unspecified atom stereocenters. The van der Waals surface area contributed by atoms with E-state index in [0.717, 1.165) is 0 Å². The van der Waals surface area contributed by atoms with Crippen molar-refractivity contribution in [1.29, 1.82) is 0 Å². The Bertz CT molecular complexity index is 463. The Morgan fingerprint density at radius 2 is 2.05 bits per heavy atom. The second-order valence-electron chi connectivity index (χ2n) is 3.98. The van der Waals surface area contributed by atoms with Crippen molar-refractivity contribution in [3.8, 4) is 0 Å². The summed E-state index contributed by atoms with van der Waals surface area (Å²) in [5.41, 5.74) is 0.570. The monoisotopic (exact) mass is 277 g/mol. The zero-order valence-electron chi connectivity index (χ0n) is 10.5.